The molecule has 4 rings (SSSR count). The molecule has 0 fully saturated rings. The molecule has 156 valence electrons. The average Bonchev–Trinajstić information content (AvgIpc) is 2.76. The van der Waals surface area contributed by atoms with Gasteiger partial charge in [0.15, 0.2) is 0 Å². The lowest BCUT2D eigenvalue weighted by molar-refractivity contribution is -0.121. The number of carbonyl (C=O) groups is 1. The van der Waals surface area contributed by atoms with E-state index in [9.17, 15) is 14.0 Å². The summed E-state index contributed by atoms with van der Waals surface area (Å²) >= 11 is 3.34. The highest BCUT2D eigenvalue weighted by atomic mass is 79.9. The van der Waals surface area contributed by atoms with Crippen LogP contribution in [0.1, 0.15) is 5.56 Å². The molecule has 0 aliphatic carbocycles. The van der Waals surface area contributed by atoms with E-state index < -0.39 is 0 Å². The number of rotatable bonds is 6. The van der Waals surface area contributed by atoms with Gasteiger partial charge in [0.1, 0.15) is 18.1 Å². The van der Waals surface area contributed by atoms with Crippen molar-refractivity contribution >= 4 is 32.7 Å². The van der Waals surface area contributed by atoms with Gasteiger partial charge in [-0.15, -0.1) is 0 Å². The number of halogens is 2. The molecule has 0 saturated carbocycles. The Balaban J connectivity index is 1.40. The molecule has 0 spiro atoms. The van der Waals surface area contributed by atoms with Crippen molar-refractivity contribution in [2.75, 3.05) is 0 Å². The number of nitrogens with zero attached hydrogens (tertiary/aromatic N) is 3. The predicted molar refractivity (Wildman–Crippen MR) is 116 cm³/mol. The molecule has 0 saturated heterocycles. The van der Waals surface area contributed by atoms with Crippen molar-refractivity contribution in [1.82, 2.24) is 19.9 Å². The summed E-state index contributed by atoms with van der Waals surface area (Å²) in [4.78, 5) is 33.3. The van der Waals surface area contributed by atoms with Crippen LogP contribution in [-0.2, 0) is 17.9 Å². The Kier molecular flexibility index (Phi) is 6.03. The van der Waals surface area contributed by atoms with Gasteiger partial charge in [-0.25, -0.2) is 14.4 Å². The van der Waals surface area contributed by atoms with Crippen LogP contribution in [0.4, 0.5) is 4.39 Å². The SMILES string of the molecule is O=C(Cn1cnc2ccc(Br)cc2c1=O)NCc1ccnc(Oc2ccc(F)cc2)c1. The average molecular weight is 483 g/mol. The second-order valence-corrected chi connectivity index (χ2v) is 7.59. The molecule has 0 radical (unpaired) electrons. The Morgan fingerprint density at radius 1 is 1.10 bits per heavy atom. The molecule has 2 aromatic heterocycles. The van der Waals surface area contributed by atoms with Gasteiger partial charge < -0.3 is 10.1 Å². The highest BCUT2D eigenvalue weighted by Crippen LogP contribution is 2.20. The monoisotopic (exact) mass is 482 g/mol. The van der Waals surface area contributed by atoms with Crippen molar-refractivity contribution < 1.29 is 13.9 Å². The molecule has 7 nitrogen and oxygen atoms in total. The fourth-order valence-corrected chi connectivity index (χ4v) is 3.26. The van der Waals surface area contributed by atoms with E-state index in [1.54, 1.807) is 36.5 Å². The van der Waals surface area contributed by atoms with Crippen molar-refractivity contribution in [2.45, 2.75) is 13.1 Å². The van der Waals surface area contributed by atoms with E-state index in [-0.39, 0.29) is 30.4 Å². The van der Waals surface area contributed by atoms with Crippen molar-refractivity contribution in [3.05, 3.63) is 93.3 Å². The van der Waals surface area contributed by atoms with Gasteiger partial charge in [0.05, 0.1) is 17.2 Å². The summed E-state index contributed by atoms with van der Waals surface area (Å²) in [6, 6.07) is 14.2. The smallest absolute Gasteiger partial charge is 0.261 e. The number of aromatic nitrogens is 3. The molecule has 2 aromatic carbocycles. The Morgan fingerprint density at radius 3 is 2.71 bits per heavy atom. The summed E-state index contributed by atoms with van der Waals surface area (Å²) in [7, 11) is 0. The first-order valence-electron chi connectivity index (χ1n) is 9.28. The number of nitrogens with one attached hydrogen (secondary N) is 1. The Morgan fingerprint density at radius 2 is 1.90 bits per heavy atom. The zero-order valence-corrected chi connectivity index (χ0v) is 17.7. The number of amides is 1. The molecule has 4 aromatic rings. The molecule has 31 heavy (non-hydrogen) atoms. The van der Waals surface area contributed by atoms with E-state index in [0.29, 0.717) is 22.5 Å². The second-order valence-electron chi connectivity index (χ2n) is 6.67. The number of fused-ring (bicyclic) bond motifs is 1. The van der Waals surface area contributed by atoms with Crippen LogP contribution in [0.3, 0.4) is 0 Å². The van der Waals surface area contributed by atoms with Gasteiger partial charge in [0.2, 0.25) is 11.8 Å². The van der Waals surface area contributed by atoms with Gasteiger partial charge in [-0.2, -0.15) is 0 Å². The summed E-state index contributed by atoms with van der Waals surface area (Å²) in [5, 5.41) is 3.20. The maximum Gasteiger partial charge on any atom is 0.261 e. The molecule has 0 aliphatic rings. The molecule has 0 aliphatic heterocycles. The van der Waals surface area contributed by atoms with Crippen LogP contribution in [0.15, 0.2) is 76.4 Å². The van der Waals surface area contributed by atoms with E-state index >= 15 is 0 Å². The first-order chi connectivity index (χ1) is 15.0. The van der Waals surface area contributed by atoms with Crippen LogP contribution in [-0.4, -0.2) is 20.4 Å². The normalized spacial score (nSPS) is 10.8. The minimum Gasteiger partial charge on any atom is -0.439 e. The topological polar surface area (TPSA) is 86.1 Å². The number of hydrogen-bond acceptors (Lipinski definition) is 5. The third-order valence-corrected chi connectivity index (χ3v) is 4.92. The van der Waals surface area contributed by atoms with Crippen LogP contribution >= 0.6 is 15.9 Å². The van der Waals surface area contributed by atoms with Crippen molar-refractivity contribution in [3.63, 3.8) is 0 Å². The molecule has 1 N–H and O–H groups in total. The van der Waals surface area contributed by atoms with E-state index in [4.69, 9.17) is 4.74 Å². The van der Waals surface area contributed by atoms with Crippen molar-refractivity contribution in [2.24, 2.45) is 0 Å². The zero-order chi connectivity index (χ0) is 21.8. The zero-order valence-electron chi connectivity index (χ0n) is 16.1. The Bertz CT molecular complexity index is 1310. The summed E-state index contributed by atoms with van der Waals surface area (Å²) in [6.45, 7) is 0.0702. The molecule has 0 unspecified atom stereocenters. The van der Waals surface area contributed by atoms with Gasteiger partial charge in [0.25, 0.3) is 5.56 Å². The lowest BCUT2D eigenvalue weighted by Gasteiger charge is -2.09. The number of pyridine rings is 1. The second kappa shape index (κ2) is 9.05. The largest absolute Gasteiger partial charge is 0.439 e. The highest BCUT2D eigenvalue weighted by Gasteiger charge is 2.09. The Labute approximate surface area is 184 Å². The van der Waals surface area contributed by atoms with Gasteiger partial charge >= 0.3 is 0 Å². The summed E-state index contributed by atoms with van der Waals surface area (Å²) in [5.74, 6) is 0.0740. The highest BCUT2D eigenvalue weighted by molar-refractivity contribution is 9.10. The Hall–Kier alpha value is -3.59. The molecule has 1 amide bonds. The summed E-state index contributed by atoms with van der Waals surface area (Å²) in [5.41, 5.74) is 1.03. The van der Waals surface area contributed by atoms with Crippen LogP contribution < -0.4 is 15.6 Å². The number of carbonyl (C=O) groups excluding carboxylic acids is 1. The molecular weight excluding hydrogens is 467 g/mol. The first kappa shape index (κ1) is 20.7. The molecule has 0 atom stereocenters. The number of hydrogen-bond donors (Lipinski definition) is 1. The predicted octanol–water partition coefficient (Wildman–Crippen LogP) is 3.80. The lowest BCUT2D eigenvalue weighted by Crippen LogP contribution is -2.32. The third-order valence-electron chi connectivity index (χ3n) is 4.43. The van der Waals surface area contributed by atoms with E-state index in [0.717, 1.165) is 10.0 Å². The van der Waals surface area contributed by atoms with Crippen molar-refractivity contribution in [1.29, 1.82) is 0 Å². The fraction of sp³-hybridized carbons (Fsp3) is 0.0909. The van der Waals surface area contributed by atoms with Gasteiger partial charge in [-0.05, 0) is 54.1 Å². The minimum absolute atomic E-state index is 0.154. The standard InChI is InChI=1S/C22H16BrFN4O3/c23-15-1-6-19-18(10-15)22(30)28(13-27-19)12-20(29)26-11-14-7-8-25-21(9-14)31-17-4-2-16(24)3-5-17/h1-10,13H,11-12H2,(H,26,29). The summed E-state index contributed by atoms with van der Waals surface area (Å²) in [6.07, 6.45) is 2.91. The van der Waals surface area contributed by atoms with Crippen LogP contribution in [0, 0.1) is 5.82 Å². The van der Waals surface area contributed by atoms with E-state index in [1.807, 2.05) is 0 Å². The molecular formula is C22H16BrFN4O3. The molecule has 0 bridgehead atoms. The quantitative estimate of drug-likeness (QED) is 0.451. The van der Waals surface area contributed by atoms with E-state index in [2.05, 4.69) is 31.2 Å². The van der Waals surface area contributed by atoms with E-state index in [1.165, 1.54) is 35.2 Å². The van der Waals surface area contributed by atoms with Crippen LogP contribution in [0.2, 0.25) is 0 Å². The molecule has 2 heterocycles. The number of ether oxygens (including phenoxy) is 1. The van der Waals surface area contributed by atoms with Gasteiger partial charge in [-0.1, -0.05) is 15.9 Å². The van der Waals surface area contributed by atoms with Crippen LogP contribution in [0.25, 0.3) is 10.9 Å². The van der Waals surface area contributed by atoms with Gasteiger partial charge in [0, 0.05) is 23.3 Å². The minimum atomic E-state index is -0.356. The molecule has 9 heteroatoms. The van der Waals surface area contributed by atoms with Crippen molar-refractivity contribution in [3.8, 4) is 11.6 Å². The fourth-order valence-electron chi connectivity index (χ4n) is 2.89. The first-order valence-corrected chi connectivity index (χ1v) is 10.1. The lowest BCUT2D eigenvalue weighted by atomic mass is 10.2. The maximum atomic E-state index is 13.0. The number of benzene rings is 2. The third kappa shape index (κ3) is 5.13. The van der Waals surface area contributed by atoms with Crippen LogP contribution in [0.5, 0.6) is 11.6 Å². The summed E-state index contributed by atoms with van der Waals surface area (Å²) < 4.78 is 20.6. The maximum absolute atomic E-state index is 13.0. The van der Waals surface area contributed by atoms with Gasteiger partial charge in [-0.3, -0.25) is 14.2 Å².